The highest BCUT2D eigenvalue weighted by Crippen LogP contribution is 2.36. The number of hydrogen-bond acceptors (Lipinski definition) is 4. The molecule has 6 nitrogen and oxygen atoms in total. The van der Waals surface area contributed by atoms with E-state index in [1.165, 1.54) is 0 Å². The number of halogens is 3. The van der Waals surface area contributed by atoms with E-state index >= 15 is 0 Å². The molecule has 0 aromatic rings. The van der Waals surface area contributed by atoms with Crippen LogP contribution in [0.4, 0.5) is 4.39 Å². The van der Waals surface area contributed by atoms with Gasteiger partial charge < -0.3 is 10.1 Å². The fourth-order valence-electron chi connectivity index (χ4n) is 4.83. The zero-order valence-corrected chi connectivity index (χ0v) is 18.8. The molecule has 3 N–H and O–H groups in total. The second-order valence-corrected chi connectivity index (χ2v) is 11.8. The van der Waals surface area contributed by atoms with Gasteiger partial charge >= 0.3 is 0 Å². The van der Waals surface area contributed by atoms with Crippen LogP contribution in [0.5, 0.6) is 0 Å². The second kappa shape index (κ2) is 9.98. The Labute approximate surface area is 182 Å². The van der Waals surface area contributed by atoms with Crippen molar-refractivity contribution in [3.63, 3.8) is 0 Å². The SMILES string of the molecule is NS(=O)(=O)C1CCCC(NC(=O)C2CC(Cl)CCC2OC2CCC(F)CC2Cl)C1. The van der Waals surface area contributed by atoms with E-state index in [4.69, 9.17) is 33.1 Å². The van der Waals surface area contributed by atoms with Gasteiger partial charge in [0, 0.05) is 11.4 Å². The molecule has 8 unspecified atom stereocenters. The van der Waals surface area contributed by atoms with E-state index in [1.807, 2.05) is 0 Å². The Morgan fingerprint density at radius 3 is 2.41 bits per heavy atom. The summed E-state index contributed by atoms with van der Waals surface area (Å²) in [5.74, 6) is -0.584. The van der Waals surface area contributed by atoms with Crippen LogP contribution in [0.25, 0.3) is 0 Å². The lowest BCUT2D eigenvalue weighted by Crippen LogP contribution is -2.50. The first kappa shape index (κ1) is 23.5. The van der Waals surface area contributed by atoms with Crippen molar-refractivity contribution in [3.05, 3.63) is 0 Å². The number of nitrogens with one attached hydrogen (secondary N) is 1. The third-order valence-corrected chi connectivity index (χ3v) is 8.71. The molecule has 0 aromatic carbocycles. The molecule has 3 rings (SSSR count). The molecule has 3 fully saturated rings. The van der Waals surface area contributed by atoms with Gasteiger partial charge in [-0.15, -0.1) is 23.2 Å². The first-order chi connectivity index (χ1) is 13.6. The summed E-state index contributed by atoms with van der Waals surface area (Å²) in [6.45, 7) is 0. The lowest BCUT2D eigenvalue weighted by atomic mass is 9.84. The van der Waals surface area contributed by atoms with Crippen LogP contribution in [-0.4, -0.2) is 54.8 Å². The van der Waals surface area contributed by atoms with Gasteiger partial charge in [0.05, 0.1) is 28.8 Å². The van der Waals surface area contributed by atoms with Gasteiger partial charge in [-0.05, 0) is 57.8 Å². The van der Waals surface area contributed by atoms with Crippen molar-refractivity contribution in [2.24, 2.45) is 11.1 Å². The summed E-state index contributed by atoms with van der Waals surface area (Å²) in [7, 11) is -3.61. The van der Waals surface area contributed by atoms with Crippen molar-refractivity contribution in [3.8, 4) is 0 Å². The van der Waals surface area contributed by atoms with Crippen LogP contribution < -0.4 is 10.5 Å². The Bertz CT molecular complexity index is 683. The number of ether oxygens (including phenoxy) is 1. The average molecular weight is 473 g/mol. The normalized spacial score (nSPS) is 41.7. The number of nitrogens with two attached hydrogens (primary N) is 1. The third kappa shape index (κ3) is 6.42. The molecular weight excluding hydrogens is 442 g/mol. The zero-order valence-electron chi connectivity index (χ0n) is 16.4. The molecule has 168 valence electrons. The van der Waals surface area contributed by atoms with Gasteiger partial charge in [-0.25, -0.2) is 17.9 Å². The summed E-state index contributed by atoms with van der Waals surface area (Å²) >= 11 is 12.6. The van der Waals surface area contributed by atoms with Gasteiger partial charge in [0.1, 0.15) is 6.17 Å². The number of sulfonamides is 1. The number of hydrogen-bond donors (Lipinski definition) is 2. The van der Waals surface area contributed by atoms with Crippen LogP contribution in [-0.2, 0) is 19.6 Å². The molecule has 8 atom stereocenters. The van der Waals surface area contributed by atoms with Crippen LogP contribution in [0.3, 0.4) is 0 Å². The fraction of sp³-hybridized carbons (Fsp3) is 0.947. The molecule has 0 bridgehead atoms. The third-order valence-electron chi connectivity index (χ3n) is 6.50. The van der Waals surface area contributed by atoms with Crippen LogP contribution in [0.15, 0.2) is 0 Å². The quantitative estimate of drug-likeness (QED) is 0.600. The smallest absolute Gasteiger partial charge is 0.226 e. The van der Waals surface area contributed by atoms with Crippen molar-refractivity contribution in [1.29, 1.82) is 0 Å². The molecule has 10 heteroatoms. The number of carbonyl (C=O) groups is 1. The highest BCUT2D eigenvalue weighted by atomic mass is 35.5. The van der Waals surface area contributed by atoms with Gasteiger partial charge in [-0.2, -0.15) is 0 Å². The summed E-state index contributed by atoms with van der Waals surface area (Å²) in [6.07, 6.45) is 3.94. The van der Waals surface area contributed by atoms with Crippen molar-refractivity contribution in [2.45, 2.75) is 105 Å². The van der Waals surface area contributed by atoms with E-state index in [9.17, 15) is 17.6 Å². The molecule has 0 radical (unpaired) electrons. The Balaban J connectivity index is 1.61. The molecule has 0 aromatic heterocycles. The minimum absolute atomic E-state index is 0.109. The zero-order chi connectivity index (χ0) is 21.2. The number of alkyl halides is 3. The van der Waals surface area contributed by atoms with Crippen molar-refractivity contribution in [2.75, 3.05) is 0 Å². The predicted octanol–water partition coefficient (Wildman–Crippen LogP) is 2.99. The van der Waals surface area contributed by atoms with Gasteiger partial charge in [0.2, 0.25) is 15.9 Å². The largest absolute Gasteiger partial charge is 0.373 e. The standard InChI is InChI=1S/C19H31Cl2FN2O4S/c20-11-4-6-17(28-18-7-5-12(22)9-16(18)21)15(8-11)19(25)24-13-2-1-3-14(10-13)29(23,26)27/h11-18H,1-10H2,(H,24,25)(H2,23,26,27). The Morgan fingerprint density at radius 2 is 1.72 bits per heavy atom. The lowest BCUT2D eigenvalue weighted by Gasteiger charge is -2.39. The molecule has 0 saturated heterocycles. The monoisotopic (exact) mass is 472 g/mol. The van der Waals surface area contributed by atoms with Gasteiger partial charge in [0.25, 0.3) is 0 Å². The molecule has 0 aliphatic heterocycles. The van der Waals surface area contributed by atoms with Crippen molar-refractivity contribution in [1.82, 2.24) is 5.32 Å². The highest BCUT2D eigenvalue weighted by Gasteiger charge is 2.40. The van der Waals surface area contributed by atoms with E-state index < -0.39 is 32.7 Å². The fourth-order valence-corrected chi connectivity index (χ4v) is 6.52. The average Bonchev–Trinajstić information content (AvgIpc) is 2.64. The highest BCUT2D eigenvalue weighted by molar-refractivity contribution is 7.89. The lowest BCUT2D eigenvalue weighted by molar-refractivity contribution is -0.138. The molecule has 29 heavy (non-hydrogen) atoms. The Morgan fingerprint density at radius 1 is 1.00 bits per heavy atom. The summed E-state index contributed by atoms with van der Waals surface area (Å²) in [6, 6.07) is -0.223. The van der Waals surface area contributed by atoms with E-state index in [2.05, 4.69) is 5.32 Å². The van der Waals surface area contributed by atoms with Gasteiger partial charge in [-0.1, -0.05) is 6.42 Å². The molecule has 3 saturated carbocycles. The Kier molecular flexibility index (Phi) is 8.09. The molecule has 3 aliphatic carbocycles. The van der Waals surface area contributed by atoms with Crippen LogP contribution >= 0.6 is 23.2 Å². The van der Waals surface area contributed by atoms with E-state index in [0.29, 0.717) is 44.9 Å². The number of primary sulfonamides is 1. The molecule has 0 spiro atoms. The van der Waals surface area contributed by atoms with Crippen LogP contribution in [0.2, 0.25) is 0 Å². The number of carbonyl (C=O) groups excluding carboxylic acids is 1. The van der Waals surface area contributed by atoms with Crippen LogP contribution in [0.1, 0.15) is 64.2 Å². The van der Waals surface area contributed by atoms with Gasteiger partial charge in [0.15, 0.2) is 0 Å². The molecule has 0 heterocycles. The molecular formula is C19H31Cl2FN2O4S. The molecule has 1 amide bonds. The minimum Gasteiger partial charge on any atom is -0.373 e. The van der Waals surface area contributed by atoms with Crippen LogP contribution in [0, 0.1) is 5.92 Å². The topological polar surface area (TPSA) is 98.5 Å². The summed E-state index contributed by atoms with van der Waals surface area (Å²) < 4.78 is 43.1. The van der Waals surface area contributed by atoms with Crippen molar-refractivity contribution < 1.29 is 22.3 Å². The maximum absolute atomic E-state index is 13.5. The van der Waals surface area contributed by atoms with E-state index in [-0.39, 0.29) is 36.0 Å². The predicted molar refractivity (Wildman–Crippen MR) is 111 cm³/mol. The van der Waals surface area contributed by atoms with E-state index in [0.717, 1.165) is 12.8 Å². The number of amides is 1. The summed E-state index contributed by atoms with van der Waals surface area (Å²) in [5.41, 5.74) is 0. The van der Waals surface area contributed by atoms with E-state index in [1.54, 1.807) is 0 Å². The number of rotatable bonds is 5. The minimum atomic E-state index is -3.61. The first-order valence-corrected chi connectivity index (χ1v) is 13.0. The maximum atomic E-state index is 13.5. The van der Waals surface area contributed by atoms with Gasteiger partial charge in [-0.3, -0.25) is 4.79 Å². The first-order valence-electron chi connectivity index (χ1n) is 10.5. The maximum Gasteiger partial charge on any atom is 0.226 e. The van der Waals surface area contributed by atoms with Crippen molar-refractivity contribution >= 4 is 39.1 Å². The summed E-state index contributed by atoms with van der Waals surface area (Å²) in [5, 5.41) is 7.18. The Hall–Kier alpha value is -0.150. The second-order valence-electron chi connectivity index (χ2n) is 8.74. The summed E-state index contributed by atoms with van der Waals surface area (Å²) in [4.78, 5) is 13.0. The molecule has 3 aliphatic rings.